The molecule has 204 valence electrons. The summed E-state index contributed by atoms with van der Waals surface area (Å²) < 4.78 is 96.5. The highest BCUT2D eigenvalue weighted by molar-refractivity contribution is 5.33. The highest BCUT2D eigenvalue weighted by Crippen LogP contribution is 2.38. The first-order valence-electron chi connectivity index (χ1n) is 12.5. The van der Waals surface area contributed by atoms with Crippen LogP contribution in [0.1, 0.15) is 95.2 Å². The monoisotopic (exact) mass is 514 g/mol. The molecule has 0 heterocycles. The highest BCUT2D eigenvalue weighted by Gasteiger charge is 2.41. The van der Waals surface area contributed by atoms with Crippen molar-refractivity contribution >= 4 is 0 Å². The maximum absolute atomic E-state index is 13.2. The van der Waals surface area contributed by atoms with E-state index in [-0.39, 0.29) is 24.0 Å². The van der Waals surface area contributed by atoms with E-state index in [1.807, 2.05) is 13.8 Å². The lowest BCUT2D eigenvalue weighted by molar-refractivity contribution is -0.396. The molecule has 0 spiro atoms. The smallest absolute Gasteiger partial charge is 0.331 e. The average molecular weight is 515 g/mol. The number of hydrogen-bond acceptors (Lipinski definition) is 3. The molecule has 0 saturated heterocycles. The lowest BCUT2D eigenvalue weighted by Gasteiger charge is -2.38. The number of hydrogen-bond donors (Lipinski definition) is 0. The molecule has 0 radical (unpaired) electrons. The van der Waals surface area contributed by atoms with Crippen LogP contribution in [0.5, 0.6) is 0 Å². The second-order valence-corrected chi connectivity index (χ2v) is 8.73. The summed E-state index contributed by atoms with van der Waals surface area (Å²) in [6, 6.07) is 1.75. The lowest BCUT2D eigenvalue weighted by Crippen LogP contribution is -2.46. The van der Waals surface area contributed by atoms with Crippen LogP contribution in [0, 0.1) is 5.92 Å². The Morgan fingerprint density at radius 2 is 1.17 bits per heavy atom. The Bertz CT molecular complexity index is 680. The molecule has 9 heteroatoms. The predicted molar refractivity (Wildman–Crippen MR) is 124 cm³/mol. The van der Waals surface area contributed by atoms with E-state index in [2.05, 4.69) is 6.92 Å². The maximum atomic E-state index is 13.2. The van der Waals surface area contributed by atoms with E-state index in [1.165, 1.54) is 13.5 Å². The number of methoxy groups -OCH3 is 1. The number of rotatable bonds is 17. The number of aryl methyl sites for hydroxylation is 1. The van der Waals surface area contributed by atoms with Gasteiger partial charge in [0.2, 0.25) is 0 Å². The number of halogens is 6. The van der Waals surface area contributed by atoms with Crippen molar-refractivity contribution in [3.63, 3.8) is 0 Å². The van der Waals surface area contributed by atoms with Crippen LogP contribution in [-0.2, 0) is 33.0 Å². The van der Waals surface area contributed by atoms with Gasteiger partial charge in [-0.25, -0.2) is 0 Å². The van der Waals surface area contributed by atoms with Gasteiger partial charge in [-0.2, -0.15) is 26.3 Å². The first-order chi connectivity index (χ1) is 16.4. The third-order valence-corrected chi connectivity index (χ3v) is 6.05. The van der Waals surface area contributed by atoms with Crippen molar-refractivity contribution in [1.29, 1.82) is 0 Å². The molecule has 0 aromatic heterocycles. The maximum Gasteiger partial charge on any atom is 0.416 e. The highest BCUT2D eigenvalue weighted by atomic mass is 19.4. The van der Waals surface area contributed by atoms with E-state index < -0.39 is 29.5 Å². The Kier molecular flexibility index (Phi) is 13.6. The summed E-state index contributed by atoms with van der Waals surface area (Å²) in [6.45, 7) is 6.45. The summed E-state index contributed by atoms with van der Waals surface area (Å²) >= 11 is 0. The zero-order valence-electron chi connectivity index (χ0n) is 21.3. The van der Waals surface area contributed by atoms with Crippen LogP contribution < -0.4 is 0 Å². The summed E-state index contributed by atoms with van der Waals surface area (Å²) in [7, 11) is 1.49. The summed E-state index contributed by atoms with van der Waals surface area (Å²) in [5.74, 6) is -1.51. The van der Waals surface area contributed by atoms with Crippen molar-refractivity contribution in [2.45, 2.75) is 103 Å². The van der Waals surface area contributed by atoms with Gasteiger partial charge in [0, 0.05) is 26.2 Å². The van der Waals surface area contributed by atoms with Crippen molar-refractivity contribution in [2.24, 2.45) is 5.92 Å². The van der Waals surface area contributed by atoms with Gasteiger partial charge in [0.1, 0.15) is 0 Å². The topological polar surface area (TPSA) is 27.7 Å². The minimum Gasteiger partial charge on any atom is -0.331 e. The lowest BCUT2D eigenvalue weighted by atomic mass is 9.90. The van der Waals surface area contributed by atoms with Crippen molar-refractivity contribution in [3.05, 3.63) is 34.9 Å². The SMILES string of the molecule is CCCCCCCCC(CCCc1cc(C(F)(F)F)cc(C(F)(F)F)c1)C(OC)(OCC)OCC. The summed E-state index contributed by atoms with van der Waals surface area (Å²) in [5.41, 5.74) is -2.58. The van der Waals surface area contributed by atoms with Crippen molar-refractivity contribution in [3.8, 4) is 0 Å². The van der Waals surface area contributed by atoms with E-state index in [0.717, 1.165) is 50.7 Å². The van der Waals surface area contributed by atoms with E-state index in [9.17, 15) is 26.3 Å². The van der Waals surface area contributed by atoms with Gasteiger partial charge >= 0.3 is 12.4 Å². The van der Waals surface area contributed by atoms with Gasteiger partial charge in [0.05, 0.1) is 11.1 Å². The van der Waals surface area contributed by atoms with E-state index in [1.54, 1.807) is 0 Å². The zero-order chi connectivity index (χ0) is 26.5. The van der Waals surface area contributed by atoms with Gasteiger partial charge in [-0.05, 0) is 63.3 Å². The second kappa shape index (κ2) is 15.1. The molecule has 0 aliphatic heterocycles. The normalized spacial score (nSPS) is 13.9. The molecule has 3 nitrogen and oxygen atoms in total. The molecule has 0 aliphatic carbocycles. The van der Waals surface area contributed by atoms with Crippen LogP contribution in [0.3, 0.4) is 0 Å². The third kappa shape index (κ3) is 10.7. The molecule has 0 N–H and O–H groups in total. The largest absolute Gasteiger partial charge is 0.416 e. The number of ether oxygens (including phenoxy) is 3. The minimum absolute atomic E-state index is 0.00121. The van der Waals surface area contributed by atoms with Gasteiger partial charge in [0.25, 0.3) is 5.97 Å². The van der Waals surface area contributed by atoms with Crippen LogP contribution in [0.25, 0.3) is 0 Å². The third-order valence-electron chi connectivity index (χ3n) is 6.05. The van der Waals surface area contributed by atoms with Gasteiger partial charge in [0.15, 0.2) is 0 Å². The zero-order valence-corrected chi connectivity index (χ0v) is 21.3. The molecule has 1 unspecified atom stereocenters. The Labute approximate surface area is 205 Å². The van der Waals surface area contributed by atoms with E-state index >= 15 is 0 Å². The Morgan fingerprint density at radius 3 is 1.63 bits per heavy atom. The minimum atomic E-state index is -4.86. The summed E-state index contributed by atoms with van der Waals surface area (Å²) in [5, 5.41) is 0. The molecule has 0 aliphatic rings. The van der Waals surface area contributed by atoms with Crippen LogP contribution >= 0.6 is 0 Å². The quantitative estimate of drug-likeness (QED) is 0.118. The van der Waals surface area contributed by atoms with Gasteiger partial charge in [-0.15, -0.1) is 0 Å². The molecule has 0 fully saturated rings. The van der Waals surface area contributed by atoms with Crippen LogP contribution in [0.2, 0.25) is 0 Å². The molecule has 0 bridgehead atoms. The van der Waals surface area contributed by atoms with E-state index in [4.69, 9.17) is 14.2 Å². The van der Waals surface area contributed by atoms with Gasteiger partial charge in [-0.3, -0.25) is 0 Å². The van der Waals surface area contributed by atoms with Crippen LogP contribution in [-0.4, -0.2) is 26.3 Å². The van der Waals surface area contributed by atoms with Crippen molar-refractivity contribution < 1.29 is 40.6 Å². The first-order valence-corrected chi connectivity index (χ1v) is 12.5. The standard InChI is InChI=1S/C26H40F6O3/c1-5-8-9-10-11-12-15-21(26(33-4,34-6-2)35-7-3)16-13-14-20-17-22(24(27,28)29)19-23(18-20)25(30,31)32/h17-19,21H,5-16H2,1-4H3. The number of unbranched alkanes of at least 4 members (excludes halogenated alkanes) is 5. The second-order valence-electron chi connectivity index (χ2n) is 8.73. The fraction of sp³-hybridized carbons (Fsp3) is 0.769. The Balaban J connectivity index is 3.01. The predicted octanol–water partition coefficient (Wildman–Crippen LogP) is 8.79. The molecule has 0 amide bonds. The van der Waals surface area contributed by atoms with Gasteiger partial charge < -0.3 is 14.2 Å². The van der Waals surface area contributed by atoms with E-state index in [0.29, 0.717) is 26.1 Å². The van der Waals surface area contributed by atoms with Crippen LogP contribution in [0.15, 0.2) is 18.2 Å². The number of alkyl halides is 6. The molecule has 35 heavy (non-hydrogen) atoms. The molecule has 1 aromatic rings. The summed E-state index contributed by atoms with van der Waals surface area (Å²) in [4.78, 5) is 0. The van der Waals surface area contributed by atoms with Gasteiger partial charge in [-0.1, -0.05) is 45.4 Å². The van der Waals surface area contributed by atoms with Crippen LogP contribution in [0.4, 0.5) is 26.3 Å². The summed E-state index contributed by atoms with van der Waals surface area (Å²) in [6.07, 6.45) is -1.57. The van der Waals surface area contributed by atoms with Crippen molar-refractivity contribution in [2.75, 3.05) is 20.3 Å². The first kappa shape index (κ1) is 31.7. The molecule has 1 aromatic carbocycles. The molecule has 1 rings (SSSR count). The number of benzene rings is 1. The average Bonchev–Trinajstić information content (AvgIpc) is 2.78. The molecular weight excluding hydrogens is 474 g/mol. The Hall–Kier alpha value is -1.32. The fourth-order valence-electron chi connectivity index (χ4n) is 4.35. The van der Waals surface area contributed by atoms with Crippen molar-refractivity contribution in [1.82, 2.24) is 0 Å². The molecular formula is C26H40F6O3. The molecule has 1 atom stereocenters. The molecule has 0 saturated carbocycles. The fourth-order valence-corrected chi connectivity index (χ4v) is 4.35. The Morgan fingerprint density at radius 1 is 0.686 bits per heavy atom.